The smallest absolute Gasteiger partial charge is 0.192 e. The van der Waals surface area contributed by atoms with Gasteiger partial charge in [0, 0.05) is 16.4 Å². The molecule has 164 valence electrons. The van der Waals surface area contributed by atoms with Gasteiger partial charge in [-0.15, -0.1) is 11.8 Å². The third-order valence-corrected chi connectivity index (χ3v) is 6.45. The zero-order valence-electron chi connectivity index (χ0n) is 19.0. The fourth-order valence-electron chi connectivity index (χ4n) is 3.46. The van der Waals surface area contributed by atoms with Crippen LogP contribution in [0, 0.1) is 25.7 Å². The second-order valence-electron chi connectivity index (χ2n) is 8.70. The molecule has 0 saturated heterocycles. The molecule has 0 unspecified atom stereocenters. The molecule has 0 aromatic heterocycles. The highest BCUT2D eigenvalue weighted by Gasteiger charge is 2.30. The number of carbonyl (C=O) groups is 1. The number of thioether (sulfide) groups is 1. The maximum atomic E-state index is 12.9. The van der Waals surface area contributed by atoms with E-state index in [0.29, 0.717) is 5.75 Å². The van der Waals surface area contributed by atoms with Crippen LogP contribution in [0.4, 0.5) is 0 Å². The Morgan fingerprint density at radius 3 is 2.07 bits per heavy atom. The van der Waals surface area contributed by atoms with E-state index in [9.17, 15) is 15.0 Å². The van der Waals surface area contributed by atoms with E-state index in [1.807, 2.05) is 51.3 Å². The van der Waals surface area contributed by atoms with Gasteiger partial charge in [0.05, 0.1) is 0 Å². The SMILES string of the molecule is CSc1ccc(C(=O)[C@@H](C)[C@H](C)Cc2cc(C)c(OC(C)(C)C(O)O)c(C)c2)cc1. The Labute approximate surface area is 184 Å². The van der Waals surface area contributed by atoms with Crippen molar-refractivity contribution in [3.8, 4) is 5.75 Å². The molecule has 2 N–H and O–H groups in total. The van der Waals surface area contributed by atoms with Crippen molar-refractivity contribution in [2.24, 2.45) is 11.8 Å². The van der Waals surface area contributed by atoms with Gasteiger partial charge in [-0.05, 0) is 75.1 Å². The zero-order chi connectivity index (χ0) is 22.6. The highest BCUT2D eigenvalue weighted by molar-refractivity contribution is 7.98. The van der Waals surface area contributed by atoms with Gasteiger partial charge < -0.3 is 14.9 Å². The Bertz CT molecular complexity index is 848. The first-order chi connectivity index (χ1) is 14.0. The monoisotopic (exact) mass is 430 g/mol. The summed E-state index contributed by atoms with van der Waals surface area (Å²) in [5, 5.41) is 19.1. The third kappa shape index (κ3) is 5.87. The first-order valence-electron chi connectivity index (χ1n) is 10.3. The van der Waals surface area contributed by atoms with E-state index in [0.717, 1.165) is 33.6 Å². The van der Waals surface area contributed by atoms with Crippen LogP contribution in [0.15, 0.2) is 41.3 Å². The molecule has 2 aromatic carbocycles. The number of hydrogen-bond donors (Lipinski definition) is 2. The Kier molecular flexibility index (Phi) is 8.14. The van der Waals surface area contributed by atoms with Crippen molar-refractivity contribution in [1.82, 2.24) is 0 Å². The molecule has 30 heavy (non-hydrogen) atoms. The van der Waals surface area contributed by atoms with Gasteiger partial charge >= 0.3 is 0 Å². The fourth-order valence-corrected chi connectivity index (χ4v) is 3.87. The molecule has 0 amide bonds. The summed E-state index contributed by atoms with van der Waals surface area (Å²) in [5.74, 6) is 0.925. The topological polar surface area (TPSA) is 66.8 Å². The molecular weight excluding hydrogens is 396 g/mol. The highest BCUT2D eigenvalue weighted by atomic mass is 32.2. The Balaban J connectivity index is 2.13. The maximum Gasteiger partial charge on any atom is 0.192 e. The van der Waals surface area contributed by atoms with Crippen LogP contribution in [0.5, 0.6) is 5.75 Å². The van der Waals surface area contributed by atoms with Crippen LogP contribution in [-0.2, 0) is 6.42 Å². The number of ketones is 1. The lowest BCUT2D eigenvalue weighted by atomic mass is 9.84. The lowest BCUT2D eigenvalue weighted by molar-refractivity contribution is -0.154. The standard InChI is InChI=1S/C25H34O4S/c1-15(18(4)22(26)20-8-10-21(30-7)11-9-20)12-19-13-16(2)23(17(3)14-19)29-25(5,6)24(27)28/h8-11,13-15,18,24,27-28H,12H2,1-7H3/t15-,18+/m1/s1. The molecule has 0 bridgehead atoms. The van der Waals surface area contributed by atoms with Crippen molar-refractivity contribution in [3.05, 3.63) is 58.7 Å². The zero-order valence-corrected chi connectivity index (χ0v) is 19.8. The van der Waals surface area contributed by atoms with E-state index >= 15 is 0 Å². The number of aliphatic hydroxyl groups excluding tert-OH is 1. The van der Waals surface area contributed by atoms with Crippen LogP contribution in [0.3, 0.4) is 0 Å². The van der Waals surface area contributed by atoms with Gasteiger partial charge in [0.25, 0.3) is 0 Å². The van der Waals surface area contributed by atoms with Crippen LogP contribution in [0.25, 0.3) is 0 Å². The minimum absolute atomic E-state index is 0.0925. The van der Waals surface area contributed by atoms with Crippen LogP contribution in [-0.4, -0.2) is 34.1 Å². The molecule has 0 heterocycles. The number of Topliss-reactive ketones (excluding diaryl/α,β-unsaturated/α-hetero) is 1. The number of carbonyl (C=O) groups excluding carboxylic acids is 1. The fraction of sp³-hybridized carbons (Fsp3) is 0.480. The molecule has 0 aliphatic heterocycles. The van der Waals surface area contributed by atoms with Gasteiger partial charge in [-0.1, -0.05) is 38.1 Å². The summed E-state index contributed by atoms with van der Waals surface area (Å²) in [5.41, 5.74) is 2.68. The minimum Gasteiger partial charge on any atom is -0.482 e. The van der Waals surface area contributed by atoms with E-state index in [-0.39, 0.29) is 17.6 Å². The molecule has 0 aliphatic carbocycles. The lowest BCUT2D eigenvalue weighted by Crippen LogP contribution is -2.42. The van der Waals surface area contributed by atoms with Crippen LogP contribution >= 0.6 is 11.8 Å². The van der Waals surface area contributed by atoms with Crippen LogP contribution < -0.4 is 4.74 Å². The van der Waals surface area contributed by atoms with Gasteiger partial charge in [-0.2, -0.15) is 0 Å². The summed E-state index contributed by atoms with van der Waals surface area (Å²) in [6, 6.07) is 11.9. The molecule has 2 atom stereocenters. The molecule has 5 heteroatoms. The van der Waals surface area contributed by atoms with Crippen molar-refractivity contribution in [2.75, 3.05) is 6.26 Å². The summed E-state index contributed by atoms with van der Waals surface area (Å²) in [6.07, 6.45) is 1.23. The van der Waals surface area contributed by atoms with E-state index in [1.54, 1.807) is 25.6 Å². The van der Waals surface area contributed by atoms with Gasteiger partial charge in [-0.3, -0.25) is 4.79 Å². The van der Waals surface area contributed by atoms with Crippen molar-refractivity contribution >= 4 is 17.5 Å². The quantitative estimate of drug-likeness (QED) is 0.325. The second-order valence-corrected chi connectivity index (χ2v) is 9.58. The van der Waals surface area contributed by atoms with Gasteiger partial charge in [0.2, 0.25) is 0 Å². The number of aliphatic hydroxyl groups is 2. The summed E-state index contributed by atoms with van der Waals surface area (Å²) in [6.45, 7) is 11.3. The van der Waals surface area contributed by atoms with E-state index < -0.39 is 11.9 Å². The predicted molar refractivity (Wildman–Crippen MR) is 123 cm³/mol. The van der Waals surface area contributed by atoms with E-state index in [1.165, 1.54) is 0 Å². The third-order valence-electron chi connectivity index (χ3n) is 5.71. The molecule has 0 fully saturated rings. The maximum absolute atomic E-state index is 12.9. The molecular formula is C25H34O4S. The summed E-state index contributed by atoms with van der Waals surface area (Å²) in [4.78, 5) is 14.1. The largest absolute Gasteiger partial charge is 0.482 e. The molecule has 2 aromatic rings. The Morgan fingerprint density at radius 2 is 1.60 bits per heavy atom. The van der Waals surface area contributed by atoms with Crippen LogP contribution in [0.1, 0.15) is 54.7 Å². The Morgan fingerprint density at radius 1 is 1.07 bits per heavy atom. The summed E-state index contributed by atoms with van der Waals surface area (Å²) >= 11 is 1.66. The van der Waals surface area contributed by atoms with E-state index in [2.05, 4.69) is 19.1 Å². The number of benzene rings is 2. The Hall–Kier alpha value is -1.82. The molecule has 4 nitrogen and oxygen atoms in total. The van der Waals surface area contributed by atoms with Gasteiger partial charge in [0.15, 0.2) is 17.7 Å². The average molecular weight is 431 g/mol. The van der Waals surface area contributed by atoms with Crippen molar-refractivity contribution in [2.45, 2.75) is 64.7 Å². The predicted octanol–water partition coefficient (Wildman–Crippen LogP) is 5.19. The highest BCUT2D eigenvalue weighted by Crippen LogP contribution is 2.31. The first-order valence-corrected chi connectivity index (χ1v) is 11.5. The first kappa shape index (κ1) is 24.4. The second kappa shape index (κ2) is 9.99. The molecule has 2 rings (SSSR count). The van der Waals surface area contributed by atoms with Crippen LogP contribution in [0.2, 0.25) is 0 Å². The lowest BCUT2D eigenvalue weighted by Gasteiger charge is -2.30. The van der Waals surface area contributed by atoms with Crippen molar-refractivity contribution < 1.29 is 19.7 Å². The normalized spacial score (nSPS) is 13.9. The van der Waals surface area contributed by atoms with Crippen molar-refractivity contribution in [1.29, 1.82) is 0 Å². The van der Waals surface area contributed by atoms with Gasteiger partial charge in [-0.25, -0.2) is 0 Å². The van der Waals surface area contributed by atoms with Gasteiger partial charge in [0.1, 0.15) is 5.75 Å². The van der Waals surface area contributed by atoms with Crippen molar-refractivity contribution in [3.63, 3.8) is 0 Å². The molecule has 0 spiro atoms. The van der Waals surface area contributed by atoms with E-state index in [4.69, 9.17) is 4.74 Å². The number of rotatable bonds is 9. The summed E-state index contributed by atoms with van der Waals surface area (Å²) in [7, 11) is 0. The minimum atomic E-state index is -1.58. The average Bonchev–Trinajstić information content (AvgIpc) is 2.69. The summed E-state index contributed by atoms with van der Waals surface area (Å²) < 4.78 is 5.89. The molecule has 0 saturated carbocycles. The number of hydrogen-bond acceptors (Lipinski definition) is 5. The molecule has 0 aliphatic rings. The number of aryl methyl sites for hydroxylation is 2. The number of ether oxygens (including phenoxy) is 1. The molecule has 0 radical (unpaired) electrons.